The van der Waals surface area contributed by atoms with Gasteiger partial charge in [-0.2, -0.15) is 0 Å². The topological polar surface area (TPSA) is 38.0 Å². The maximum Gasteiger partial charge on any atom is 0.107 e. The summed E-state index contributed by atoms with van der Waals surface area (Å²) < 4.78 is 0. The minimum absolute atomic E-state index is 0.357. The predicted molar refractivity (Wildman–Crippen MR) is 87.0 cm³/mol. The number of anilines is 1. The van der Waals surface area contributed by atoms with Crippen LogP contribution < -0.4 is 11.1 Å². The summed E-state index contributed by atoms with van der Waals surface area (Å²) in [6, 6.07) is 6.27. The van der Waals surface area contributed by atoms with Gasteiger partial charge in [0.1, 0.15) is 4.99 Å². The van der Waals surface area contributed by atoms with Crippen molar-refractivity contribution in [2.24, 2.45) is 11.7 Å². The molecule has 1 aliphatic rings. The summed E-state index contributed by atoms with van der Waals surface area (Å²) in [6.07, 6.45) is 6.29. The van der Waals surface area contributed by atoms with Crippen LogP contribution in [0.2, 0.25) is 5.02 Å². The lowest BCUT2D eigenvalue weighted by molar-refractivity contribution is 0.502. The number of thiocarbonyl (C=S) groups is 1. The molecule has 0 aliphatic heterocycles. The van der Waals surface area contributed by atoms with E-state index in [9.17, 15) is 0 Å². The summed E-state index contributed by atoms with van der Waals surface area (Å²) in [7, 11) is 0. The number of rotatable bonds is 3. The van der Waals surface area contributed by atoms with Crippen molar-refractivity contribution in [3.8, 4) is 0 Å². The molecule has 1 aliphatic carbocycles. The van der Waals surface area contributed by atoms with Crippen LogP contribution in [0.15, 0.2) is 18.2 Å². The molecule has 0 saturated heterocycles. The number of benzene rings is 1. The summed E-state index contributed by atoms with van der Waals surface area (Å²) in [4.78, 5) is 0.357. The SMILES string of the molecule is CC1CCCC(Nc2cccc(Cl)c2C(N)=S)CC1. The number of hydrogen-bond donors (Lipinski definition) is 2. The minimum atomic E-state index is 0.357. The van der Waals surface area contributed by atoms with E-state index in [4.69, 9.17) is 29.6 Å². The average Bonchev–Trinajstić information content (AvgIpc) is 2.54. The van der Waals surface area contributed by atoms with Crippen LogP contribution in [0.3, 0.4) is 0 Å². The van der Waals surface area contributed by atoms with Crippen LogP contribution in [0.1, 0.15) is 44.6 Å². The maximum atomic E-state index is 6.19. The first-order valence-corrected chi connectivity index (χ1v) is 7.71. The fourth-order valence-electron chi connectivity index (χ4n) is 2.75. The average molecular weight is 297 g/mol. The van der Waals surface area contributed by atoms with E-state index in [1.807, 2.05) is 18.2 Å². The maximum absolute atomic E-state index is 6.19. The van der Waals surface area contributed by atoms with Gasteiger partial charge in [-0.25, -0.2) is 0 Å². The highest BCUT2D eigenvalue weighted by Crippen LogP contribution is 2.29. The van der Waals surface area contributed by atoms with Crippen LogP contribution in [0, 0.1) is 5.92 Å². The molecule has 0 aromatic heterocycles. The van der Waals surface area contributed by atoms with E-state index >= 15 is 0 Å². The van der Waals surface area contributed by atoms with Crippen LogP contribution in [0.4, 0.5) is 5.69 Å². The Kier molecular flexibility index (Phi) is 5.06. The molecule has 2 unspecified atom stereocenters. The quantitative estimate of drug-likeness (QED) is 0.643. The van der Waals surface area contributed by atoms with Crippen molar-refractivity contribution in [2.75, 3.05) is 5.32 Å². The van der Waals surface area contributed by atoms with E-state index in [2.05, 4.69) is 12.2 Å². The lowest BCUT2D eigenvalue weighted by Gasteiger charge is -2.20. The molecule has 1 fully saturated rings. The van der Waals surface area contributed by atoms with Gasteiger partial charge in [-0.1, -0.05) is 49.7 Å². The smallest absolute Gasteiger partial charge is 0.107 e. The van der Waals surface area contributed by atoms with E-state index in [0.29, 0.717) is 16.1 Å². The van der Waals surface area contributed by atoms with Crippen LogP contribution in [0.5, 0.6) is 0 Å². The first-order chi connectivity index (χ1) is 9.08. The molecule has 0 bridgehead atoms. The first-order valence-electron chi connectivity index (χ1n) is 6.92. The van der Waals surface area contributed by atoms with Crippen molar-refractivity contribution in [2.45, 2.75) is 45.1 Å². The molecule has 2 nitrogen and oxygen atoms in total. The van der Waals surface area contributed by atoms with Crippen molar-refractivity contribution in [3.05, 3.63) is 28.8 Å². The molecule has 1 aromatic rings. The lowest BCUT2D eigenvalue weighted by Crippen LogP contribution is -2.22. The third kappa shape index (κ3) is 3.83. The van der Waals surface area contributed by atoms with Crippen molar-refractivity contribution in [3.63, 3.8) is 0 Å². The van der Waals surface area contributed by atoms with Gasteiger partial charge >= 0.3 is 0 Å². The predicted octanol–water partition coefficient (Wildman–Crippen LogP) is 4.35. The summed E-state index contributed by atoms with van der Waals surface area (Å²) in [5.74, 6) is 0.834. The molecule has 19 heavy (non-hydrogen) atoms. The molecule has 104 valence electrons. The van der Waals surface area contributed by atoms with Crippen LogP contribution in [0.25, 0.3) is 0 Å². The largest absolute Gasteiger partial charge is 0.389 e. The molecule has 0 amide bonds. The van der Waals surface area contributed by atoms with E-state index in [1.165, 1.54) is 32.1 Å². The van der Waals surface area contributed by atoms with Crippen molar-refractivity contribution in [1.29, 1.82) is 0 Å². The van der Waals surface area contributed by atoms with E-state index in [-0.39, 0.29) is 0 Å². The van der Waals surface area contributed by atoms with Crippen LogP contribution >= 0.6 is 23.8 Å². The first kappa shape index (κ1) is 14.6. The fourth-order valence-corrected chi connectivity index (χ4v) is 3.30. The monoisotopic (exact) mass is 296 g/mol. The molecule has 0 heterocycles. The fraction of sp³-hybridized carbons (Fsp3) is 0.533. The van der Waals surface area contributed by atoms with E-state index in [0.717, 1.165) is 17.2 Å². The second-order valence-electron chi connectivity index (χ2n) is 5.48. The second kappa shape index (κ2) is 6.58. The molecule has 3 N–H and O–H groups in total. The zero-order valence-electron chi connectivity index (χ0n) is 11.3. The van der Waals surface area contributed by atoms with Gasteiger partial charge in [0.15, 0.2) is 0 Å². The van der Waals surface area contributed by atoms with Gasteiger partial charge in [0.25, 0.3) is 0 Å². The highest BCUT2D eigenvalue weighted by Gasteiger charge is 2.18. The Morgan fingerprint density at radius 3 is 2.84 bits per heavy atom. The van der Waals surface area contributed by atoms with Crippen LogP contribution in [-0.2, 0) is 0 Å². The van der Waals surface area contributed by atoms with Crippen molar-refractivity contribution < 1.29 is 0 Å². The molecule has 2 rings (SSSR count). The molecule has 1 saturated carbocycles. The van der Waals surface area contributed by atoms with Crippen LogP contribution in [-0.4, -0.2) is 11.0 Å². The summed E-state index contributed by atoms with van der Waals surface area (Å²) in [5, 5.41) is 4.20. The van der Waals surface area contributed by atoms with Gasteiger partial charge in [0, 0.05) is 11.7 Å². The zero-order chi connectivity index (χ0) is 13.8. The highest BCUT2D eigenvalue weighted by molar-refractivity contribution is 7.80. The van der Waals surface area contributed by atoms with Crippen molar-refractivity contribution in [1.82, 2.24) is 0 Å². The Labute approximate surface area is 125 Å². The Hall–Kier alpha value is -0.800. The Bertz CT molecular complexity index is 461. The second-order valence-corrected chi connectivity index (χ2v) is 6.33. The summed E-state index contributed by atoms with van der Waals surface area (Å²) in [5.41, 5.74) is 7.53. The number of nitrogens with one attached hydrogen (secondary N) is 1. The Morgan fingerprint density at radius 1 is 1.32 bits per heavy atom. The Balaban J connectivity index is 2.14. The Morgan fingerprint density at radius 2 is 2.11 bits per heavy atom. The molecule has 0 radical (unpaired) electrons. The summed E-state index contributed by atoms with van der Waals surface area (Å²) >= 11 is 11.3. The number of nitrogens with two attached hydrogens (primary N) is 1. The third-order valence-corrected chi connectivity index (χ3v) is 4.40. The molecule has 1 aromatic carbocycles. The number of halogens is 1. The zero-order valence-corrected chi connectivity index (χ0v) is 12.9. The van der Waals surface area contributed by atoms with Gasteiger partial charge in [-0.05, 0) is 37.3 Å². The number of hydrogen-bond acceptors (Lipinski definition) is 2. The standard InChI is InChI=1S/C15H21ClN2S/c1-10-4-2-5-11(9-8-10)18-13-7-3-6-12(16)14(13)15(17)19/h3,6-7,10-11,18H,2,4-5,8-9H2,1H3,(H2,17,19). The van der Waals surface area contributed by atoms with Gasteiger partial charge in [-0.3, -0.25) is 0 Å². The highest BCUT2D eigenvalue weighted by atomic mass is 35.5. The van der Waals surface area contributed by atoms with Gasteiger partial charge in [-0.15, -0.1) is 0 Å². The molecular formula is C15H21ClN2S. The van der Waals surface area contributed by atoms with Gasteiger partial charge in [0.05, 0.1) is 10.6 Å². The molecule has 0 spiro atoms. The molecular weight excluding hydrogens is 276 g/mol. The minimum Gasteiger partial charge on any atom is -0.389 e. The van der Waals surface area contributed by atoms with Crippen molar-refractivity contribution >= 4 is 34.5 Å². The van der Waals surface area contributed by atoms with E-state index < -0.39 is 0 Å². The molecule has 2 atom stereocenters. The van der Waals surface area contributed by atoms with Gasteiger partial charge < -0.3 is 11.1 Å². The van der Waals surface area contributed by atoms with Gasteiger partial charge in [0.2, 0.25) is 0 Å². The third-order valence-electron chi connectivity index (χ3n) is 3.88. The normalized spacial score (nSPS) is 23.7. The molecule has 4 heteroatoms. The summed E-state index contributed by atoms with van der Waals surface area (Å²) in [6.45, 7) is 2.34. The van der Waals surface area contributed by atoms with E-state index in [1.54, 1.807) is 0 Å². The lowest BCUT2D eigenvalue weighted by atomic mass is 10.0.